The van der Waals surface area contributed by atoms with Crippen molar-refractivity contribution in [1.82, 2.24) is 19.8 Å². The van der Waals surface area contributed by atoms with Crippen molar-refractivity contribution in [1.29, 1.82) is 0 Å². The van der Waals surface area contributed by atoms with E-state index >= 15 is 0 Å². The number of piperidine rings is 1. The van der Waals surface area contributed by atoms with Gasteiger partial charge in [-0.25, -0.2) is 4.98 Å². The van der Waals surface area contributed by atoms with Gasteiger partial charge in [0.05, 0.1) is 31.7 Å². The summed E-state index contributed by atoms with van der Waals surface area (Å²) in [6, 6.07) is 9.99. The Morgan fingerprint density at radius 3 is 2.60 bits per heavy atom. The fourth-order valence-corrected chi connectivity index (χ4v) is 3.99. The van der Waals surface area contributed by atoms with E-state index in [1.807, 2.05) is 34.9 Å². The number of nitrogens with zero attached hydrogens (tertiary/aromatic N) is 3. The molecule has 158 valence electrons. The number of imidazole rings is 1. The molecule has 1 saturated heterocycles. The molecule has 0 bridgehead atoms. The van der Waals surface area contributed by atoms with Crippen LogP contribution in [0.3, 0.4) is 0 Å². The number of ether oxygens (including phenoxy) is 1. The predicted octanol–water partition coefficient (Wildman–Crippen LogP) is 0.608. The van der Waals surface area contributed by atoms with Crippen LogP contribution >= 0.6 is 0 Å². The summed E-state index contributed by atoms with van der Waals surface area (Å²) in [5.41, 5.74) is 7.36. The Bertz CT molecular complexity index is 934. The summed E-state index contributed by atoms with van der Waals surface area (Å²) >= 11 is 0. The lowest BCUT2D eigenvalue weighted by atomic mass is 9.95. The lowest BCUT2D eigenvalue weighted by Crippen LogP contribution is -2.44. The van der Waals surface area contributed by atoms with Gasteiger partial charge in [-0.3, -0.25) is 14.4 Å². The number of primary amides is 1. The van der Waals surface area contributed by atoms with Crippen LogP contribution in [0.1, 0.15) is 40.7 Å². The van der Waals surface area contributed by atoms with Gasteiger partial charge in [0.1, 0.15) is 6.10 Å². The molecule has 0 saturated carbocycles. The molecule has 2 aromatic rings. The van der Waals surface area contributed by atoms with Crippen LogP contribution in [0.25, 0.3) is 0 Å². The highest BCUT2D eigenvalue weighted by atomic mass is 16.5. The molecule has 3 amide bonds. The number of rotatable bonds is 5. The van der Waals surface area contributed by atoms with E-state index in [1.165, 1.54) is 0 Å². The lowest BCUT2D eigenvalue weighted by Gasteiger charge is -2.31. The van der Waals surface area contributed by atoms with Gasteiger partial charge in [0, 0.05) is 19.0 Å². The Balaban J connectivity index is 1.36. The van der Waals surface area contributed by atoms with E-state index in [0.29, 0.717) is 44.8 Å². The van der Waals surface area contributed by atoms with Gasteiger partial charge in [0.2, 0.25) is 11.8 Å². The molecule has 30 heavy (non-hydrogen) atoms. The van der Waals surface area contributed by atoms with E-state index in [0.717, 1.165) is 11.3 Å². The summed E-state index contributed by atoms with van der Waals surface area (Å²) in [5, 5.41) is 2.53. The maximum Gasteiger partial charge on any atom is 0.274 e. The third-order valence-corrected chi connectivity index (χ3v) is 5.69. The summed E-state index contributed by atoms with van der Waals surface area (Å²) in [7, 11) is 0. The van der Waals surface area contributed by atoms with Crippen LogP contribution < -0.4 is 11.1 Å². The van der Waals surface area contributed by atoms with Crippen molar-refractivity contribution in [3.8, 4) is 0 Å². The fraction of sp³-hybridized carbons (Fsp3) is 0.429. The molecule has 1 fully saturated rings. The van der Waals surface area contributed by atoms with Crippen LogP contribution in [0, 0.1) is 5.92 Å². The average molecular weight is 411 g/mol. The lowest BCUT2D eigenvalue weighted by molar-refractivity contribution is -0.128. The van der Waals surface area contributed by atoms with Crippen molar-refractivity contribution in [2.75, 3.05) is 19.6 Å². The number of carbonyl (C=O) groups is 3. The Labute approximate surface area is 174 Å². The van der Waals surface area contributed by atoms with Crippen molar-refractivity contribution in [3.05, 3.63) is 53.6 Å². The molecular formula is C21H25N5O4. The van der Waals surface area contributed by atoms with E-state index in [-0.39, 0.29) is 30.4 Å². The summed E-state index contributed by atoms with van der Waals surface area (Å²) in [4.78, 5) is 42.0. The highest BCUT2D eigenvalue weighted by Gasteiger charge is 2.32. The van der Waals surface area contributed by atoms with Crippen LogP contribution in [0.4, 0.5) is 0 Å². The Morgan fingerprint density at radius 2 is 1.90 bits per heavy atom. The second-order valence-corrected chi connectivity index (χ2v) is 7.65. The molecule has 0 aliphatic carbocycles. The first kappa shape index (κ1) is 20.1. The van der Waals surface area contributed by atoms with Crippen LogP contribution in [0.5, 0.6) is 0 Å². The fourth-order valence-electron chi connectivity index (χ4n) is 3.99. The minimum atomic E-state index is -0.572. The molecule has 9 nitrogen and oxygen atoms in total. The first-order valence-corrected chi connectivity index (χ1v) is 10.1. The van der Waals surface area contributed by atoms with Crippen molar-refractivity contribution in [2.24, 2.45) is 11.7 Å². The first-order valence-electron chi connectivity index (χ1n) is 10.1. The molecule has 4 rings (SSSR count). The molecule has 3 heterocycles. The number of benzene rings is 1. The number of nitrogens with two attached hydrogens (primary N) is 1. The SMILES string of the molecule is NC(=O)CNC(=O)C1CCN(C(=O)c2ncn3c2CO[C@@H](c2ccccc2)C3)CC1. The van der Waals surface area contributed by atoms with Gasteiger partial charge in [-0.2, -0.15) is 0 Å². The van der Waals surface area contributed by atoms with E-state index < -0.39 is 5.91 Å². The zero-order valence-corrected chi connectivity index (χ0v) is 16.6. The van der Waals surface area contributed by atoms with Crippen molar-refractivity contribution in [3.63, 3.8) is 0 Å². The number of likely N-dealkylation sites (tertiary alicyclic amines) is 1. The molecule has 0 radical (unpaired) electrons. The highest BCUT2D eigenvalue weighted by Crippen LogP contribution is 2.28. The number of hydrogen-bond donors (Lipinski definition) is 2. The van der Waals surface area contributed by atoms with Gasteiger partial charge in [-0.05, 0) is 18.4 Å². The second kappa shape index (κ2) is 8.66. The number of fused-ring (bicyclic) bond motifs is 1. The van der Waals surface area contributed by atoms with Crippen LogP contribution in [0.15, 0.2) is 36.7 Å². The molecule has 0 unspecified atom stereocenters. The molecule has 2 aliphatic heterocycles. The molecule has 1 aromatic heterocycles. The molecular weight excluding hydrogens is 386 g/mol. The maximum absolute atomic E-state index is 13.0. The van der Waals surface area contributed by atoms with Crippen LogP contribution in [-0.2, 0) is 27.5 Å². The first-order chi connectivity index (χ1) is 14.5. The quantitative estimate of drug-likeness (QED) is 0.747. The van der Waals surface area contributed by atoms with Gasteiger partial charge in [-0.15, -0.1) is 0 Å². The molecule has 3 N–H and O–H groups in total. The zero-order chi connectivity index (χ0) is 21.1. The predicted molar refractivity (Wildman–Crippen MR) is 107 cm³/mol. The number of aromatic nitrogens is 2. The van der Waals surface area contributed by atoms with E-state index in [2.05, 4.69) is 10.3 Å². The van der Waals surface area contributed by atoms with Crippen molar-refractivity contribution >= 4 is 17.7 Å². The van der Waals surface area contributed by atoms with E-state index in [1.54, 1.807) is 11.2 Å². The second-order valence-electron chi connectivity index (χ2n) is 7.65. The Hall–Kier alpha value is -3.20. The summed E-state index contributed by atoms with van der Waals surface area (Å²) < 4.78 is 7.98. The minimum absolute atomic E-state index is 0.0643. The standard InChI is InChI=1S/C21H25N5O4/c22-18(27)10-23-20(28)15-6-8-25(9-7-15)21(29)19-16-12-30-17(11-26(16)13-24-19)14-4-2-1-3-5-14/h1-5,13,15,17H,6-12H2,(H2,22,27)(H,23,28)/t17-/m1/s1. The molecule has 0 spiro atoms. The van der Waals surface area contributed by atoms with Gasteiger partial charge >= 0.3 is 0 Å². The number of nitrogens with one attached hydrogen (secondary N) is 1. The summed E-state index contributed by atoms with van der Waals surface area (Å²) in [5.74, 6) is -1.13. The van der Waals surface area contributed by atoms with Gasteiger partial charge in [0.25, 0.3) is 5.91 Å². The Kier molecular flexibility index (Phi) is 5.80. The van der Waals surface area contributed by atoms with Crippen molar-refractivity contribution < 1.29 is 19.1 Å². The van der Waals surface area contributed by atoms with E-state index in [9.17, 15) is 14.4 Å². The smallest absolute Gasteiger partial charge is 0.274 e. The monoisotopic (exact) mass is 411 g/mol. The number of carbonyl (C=O) groups excluding carboxylic acids is 3. The normalized spacial score (nSPS) is 19.2. The van der Waals surface area contributed by atoms with Crippen LogP contribution in [0.2, 0.25) is 0 Å². The minimum Gasteiger partial charge on any atom is -0.368 e. The topological polar surface area (TPSA) is 120 Å². The summed E-state index contributed by atoms with van der Waals surface area (Å²) in [6.07, 6.45) is 2.72. The zero-order valence-electron chi connectivity index (χ0n) is 16.6. The number of amides is 3. The third kappa shape index (κ3) is 4.20. The highest BCUT2D eigenvalue weighted by molar-refractivity contribution is 5.93. The van der Waals surface area contributed by atoms with Gasteiger partial charge in [-0.1, -0.05) is 30.3 Å². The third-order valence-electron chi connectivity index (χ3n) is 5.69. The maximum atomic E-state index is 13.0. The Morgan fingerprint density at radius 1 is 1.17 bits per heavy atom. The molecule has 2 aliphatic rings. The largest absolute Gasteiger partial charge is 0.368 e. The van der Waals surface area contributed by atoms with E-state index in [4.69, 9.17) is 10.5 Å². The van der Waals surface area contributed by atoms with Gasteiger partial charge in [0.15, 0.2) is 5.69 Å². The van der Waals surface area contributed by atoms with Crippen LogP contribution in [-0.4, -0.2) is 51.8 Å². The molecule has 9 heteroatoms. The summed E-state index contributed by atoms with van der Waals surface area (Å²) in [6.45, 7) is 1.71. The average Bonchev–Trinajstić information content (AvgIpc) is 3.21. The van der Waals surface area contributed by atoms with Crippen molar-refractivity contribution in [2.45, 2.75) is 32.1 Å². The van der Waals surface area contributed by atoms with Gasteiger partial charge < -0.3 is 25.3 Å². The number of hydrogen-bond acceptors (Lipinski definition) is 5. The molecule has 1 aromatic carbocycles. The molecule has 1 atom stereocenters.